The fourth-order valence-electron chi connectivity index (χ4n) is 1.30. The van der Waals surface area contributed by atoms with Crippen molar-refractivity contribution < 1.29 is 12.8 Å². The molecule has 0 radical (unpaired) electrons. The van der Waals surface area contributed by atoms with Gasteiger partial charge in [0.2, 0.25) is 10.0 Å². The number of nitrogens with zero attached hydrogens (tertiary/aromatic N) is 2. The van der Waals surface area contributed by atoms with Crippen molar-refractivity contribution >= 4 is 26.0 Å². The molecule has 0 saturated heterocycles. The highest BCUT2D eigenvalue weighted by Crippen LogP contribution is 2.22. The Hall–Kier alpha value is -0.970. The third-order valence-electron chi connectivity index (χ3n) is 2.58. The first-order valence-corrected chi connectivity index (χ1v) is 7.34. The predicted octanol–water partition coefficient (Wildman–Crippen LogP) is 2.51. The summed E-state index contributed by atoms with van der Waals surface area (Å²) in [5, 5.41) is 8.56. The van der Waals surface area contributed by atoms with E-state index in [-0.39, 0.29) is 15.8 Å². The maximum absolute atomic E-state index is 13.3. The molecule has 0 saturated carbocycles. The highest BCUT2D eigenvalue weighted by atomic mass is 79.9. The van der Waals surface area contributed by atoms with Crippen molar-refractivity contribution in [2.45, 2.75) is 24.3 Å². The molecule has 0 amide bonds. The zero-order valence-electron chi connectivity index (χ0n) is 9.89. The number of rotatable bonds is 4. The van der Waals surface area contributed by atoms with E-state index in [1.807, 2.05) is 6.07 Å². The average Bonchev–Trinajstić information content (AvgIpc) is 2.31. The highest BCUT2D eigenvalue weighted by molar-refractivity contribution is 9.10. The van der Waals surface area contributed by atoms with Crippen LogP contribution in [0.3, 0.4) is 0 Å². The predicted molar refractivity (Wildman–Crippen MR) is 68.7 cm³/mol. The maximum atomic E-state index is 13.3. The standard InChI is InChI=1S/C11H12BrFN2O2S/c1-8(5-6-14)15(2)18(16,17)9-3-4-10(12)11(13)7-9/h3-4,7-8H,5H2,1-2H3/t8-/m0/s1. The van der Waals surface area contributed by atoms with Crippen molar-refractivity contribution in [3.63, 3.8) is 0 Å². The summed E-state index contributed by atoms with van der Waals surface area (Å²) in [6.07, 6.45) is 0.0781. The minimum absolute atomic E-state index is 0.0781. The van der Waals surface area contributed by atoms with Gasteiger partial charge in [0.05, 0.1) is 21.9 Å². The lowest BCUT2D eigenvalue weighted by Crippen LogP contribution is -2.34. The molecule has 1 atom stereocenters. The van der Waals surface area contributed by atoms with Gasteiger partial charge in [0.15, 0.2) is 0 Å². The zero-order valence-corrected chi connectivity index (χ0v) is 12.3. The van der Waals surface area contributed by atoms with Gasteiger partial charge in [0, 0.05) is 13.1 Å². The third kappa shape index (κ3) is 3.07. The van der Waals surface area contributed by atoms with Crippen molar-refractivity contribution in [1.29, 1.82) is 5.26 Å². The maximum Gasteiger partial charge on any atom is 0.243 e. The van der Waals surface area contributed by atoms with E-state index in [1.165, 1.54) is 19.2 Å². The molecule has 0 aromatic heterocycles. The number of hydrogen-bond acceptors (Lipinski definition) is 3. The molecule has 18 heavy (non-hydrogen) atoms. The minimum atomic E-state index is -3.78. The molecule has 0 heterocycles. The number of sulfonamides is 1. The van der Waals surface area contributed by atoms with E-state index in [0.29, 0.717) is 0 Å². The summed E-state index contributed by atoms with van der Waals surface area (Å²) in [4.78, 5) is -0.129. The second kappa shape index (κ2) is 5.78. The van der Waals surface area contributed by atoms with E-state index in [2.05, 4.69) is 15.9 Å². The van der Waals surface area contributed by atoms with E-state index in [9.17, 15) is 12.8 Å². The van der Waals surface area contributed by atoms with Crippen LogP contribution in [0.2, 0.25) is 0 Å². The molecule has 0 N–H and O–H groups in total. The summed E-state index contributed by atoms with van der Waals surface area (Å²) in [7, 11) is -2.41. The van der Waals surface area contributed by atoms with Crippen molar-refractivity contribution in [1.82, 2.24) is 4.31 Å². The molecule has 4 nitrogen and oxygen atoms in total. The van der Waals surface area contributed by atoms with Crippen LogP contribution < -0.4 is 0 Å². The van der Waals surface area contributed by atoms with Gasteiger partial charge in [-0.2, -0.15) is 9.57 Å². The molecule has 0 unspecified atom stereocenters. The summed E-state index contributed by atoms with van der Waals surface area (Å²) in [6.45, 7) is 1.62. The van der Waals surface area contributed by atoms with Gasteiger partial charge in [0.1, 0.15) is 5.82 Å². The average molecular weight is 335 g/mol. The smallest absolute Gasteiger partial charge is 0.207 e. The molecule has 1 aromatic carbocycles. The van der Waals surface area contributed by atoms with E-state index in [1.54, 1.807) is 6.92 Å². The molecule has 0 aliphatic rings. The van der Waals surface area contributed by atoms with Crippen LogP contribution in [-0.2, 0) is 10.0 Å². The van der Waals surface area contributed by atoms with Crippen molar-refractivity contribution in [3.8, 4) is 6.07 Å². The lowest BCUT2D eigenvalue weighted by Gasteiger charge is -2.22. The highest BCUT2D eigenvalue weighted by Gasteiger charge is 2.25. The van der Waals surface area contributed by atoms with E-state index >= 15 is 0 Å². The SMILES string of the molecule is C[C@@H](CC#N)N(C)S(=O)(=O)c1ccc(Br)c(F)c1. The molecule has 98 valence electrons. The van der Waals surface area contributed by atoms with Gasteiger partial charge in [-0.15, -0.1) is 0 Å². The van der Waals surface area contributed by atoms with Gasteiger partial charge in [-0.05, 0) is 41.1 Å². The Morgan fingerprint density at radius 2 is 2.17 bits per heavy atom. The Morgan fingerprint density at radius 1 is 1.56 bits per heavy atom. The molecule has 0 bridgehead atoms. The van der Waals surface area contributed by atoms with Crippen LogP contribution in [0.15, 0.2) is 27.6 Å². The van der Waals surface area contributed by atoms with Crippen molar-refractivity contribution in [3.05, 3.63) is 28.5 Å². The Morgan fingerprint density at radius 3 is 2.67 bits per heavy atom. The van der Waals surface area contributed by atoms with Crippen LogP contribution in [0.1, 0.15) is 13.3 Å². The summed E-state index contributed by atoms with van der Waals surface area (Å²) in [5.41, 5.74) is 0. The van der Waals surface area contributed by atoms with Gasteiger partial charge < -0.3 is 0 Å². The molecule has 0 spiro atoms. The normalized spacial score (nSPS) is 13.3. The van der Waals surface area contributed by atoms with Gasteiger partial charge in [-0.25, -0.2) is 12.8 Å². The van der Waals surface area contributed by atoms with Crippen LogP contribution in [0.25, 0.3) is 0 Å². The largest absolute Gasteiger partial charge is 0.243 e. The fourth-order valence-corrected chi connectivity index (χ4v) is 2.92. The van der Waals surface area contributed by atoms with Crippen LogP contribution in [-0.4, -0.2) is 25.8 Å². The van der Waals surface area contributed by atoms with Crippen molar-refractivity contribution in [2.75, 3.05) is 7.05 Å². The van der Waals surface area contributed by atoms with E-state index in [4.69, 9.17) is 5.26 Å². The number of halogens is 2. The Labute approximate surface area is 114 Å². The Bertz CT molecular complexity index is 583. The van der Waals surface area contributed by atoms with Crippen molar-refractivity contribution in [2.24, 2.45) is 0 Å². The van der Waals surface area contributed by atoms with Gasteiger partial charge >= 0.3 is 0 Å². The molecule has 1 rings (SSSR count). The first-order chi connectivity index (χ1) is 8.30. The topological polar surface area (TPSA) is 61.2 Å². The Kier molecular flexibility index (Phi) is 4.85. The van der Waals surface area contributed by atoms with Gasteiger partial charge in [-0.1, -0.05) is 0 Å². The summed E-state index contributed by atoms with van der Waals surface area (Å²) in [6, 6.07) is 5.05. The second-order valence-electron chi connectivity index (χ2n) is 3.81. The lowest BCUT2D eigenvalue weighted by atomic mass is 10.3. The molecular weight excluding hydrogens is 323 g/mol. The fraction of sp³-hybridized carbons (Fsp3) is 0.364. The molecule has 0 aliphatic heterocycles. The Balaban J connectivity index is 3.14. The monoisotopic (exact) mass is 334 g/mol. The number of hydrogen-bond donors (Lipinski definition) is 0. The van der Waals surface area contributed by atoms with Crippen LogP contribution >= 0.6 is 15.9 Å². The quantitative estimate of drug-likeness (QED) is 0.849. The molecule has 0 fully saturated rings. The third-order valence-corrected chi connectivity index (χ3v) is 5.19. The van der Waals surface area contributed by atoms with Crippen LogP contribution in [0, 0.1) is 17.1 Å². The van der Waals surface area contributed by atoms with Gasteiger partial charge in [-0.3, -0.25) is 0 Å². The van der Waals surface area contributed by atoms with Gasteiger partial charge in [0.25, 0.3) is 0 Å². The molecule has 7 heteroatoms. The van der Waals surface area contributed by atoms with E-state index < -0.39 is 21.9 Å². The second-order valence-corrected chi connectivity index (χ2v) is 6.66. The minimum Gasteiger partial charge on any atom is -0.207 e. The molecule has 1 aromatic rings. The molecular formula is C11H12BrFN2O2S. The van der Waals surface area contributed by atoms with Crippen LogP contribution in [0.5, 0.6) is 0 Å². The zero-order chi connectivity index (χ0) is 13.9. The summed E-state index contributed by atoms with van der Waals surface area (Å²) < 4.78 is 38.9. The summed E-state index contributed by atoms with van der Waals surface area (Å²) >= 11 is 2.96. The molecule has 0 aliphatic carbocycles. The first kappa shape index (κ1) is 15.1. The number of nitriles is 1. The van der Waals surface area contributed by atoms with E-state index in [0.717, 1.165) is 10.4 Å². The number of benzene rings is 1. The van der Waals surface area contributed by atoms with Crippen LogP contribution in [0.4, 0.5) is 4.39 Å². The lowest BCUT2D eigenvalue weighted by molar-refractivity contribution is 0.393. The first-order valence-electron chi connectivity index (χ1n) is 5.10. The summed E-state index contributed by atoms with van der Waals surface area (Å²) in [5.74, 6) is -0.641.